The van der Waals surface area contributed by atoms with Crippen LogP contribution >= 0.6 is 12.4 Å². The molecule has 7 heteroatoms. The van der Waals surface area contributed by atoms with Crippen LogP contribution in [0.3, 0.4) is 0 Å². The minimum atomic E-state index is -2.99. The fourth-order valence-electron chi connectivity index (χ4n) is 2.90. The predicted octanol–water partition coefficient (Wildman–Crippen LogP) is 1.34. The molecule has 0 aromatic heterocycles. The fraction of sp³-hybridized carbons (Fsp3) is 0.500. The Morgan fingerprint density at radius 3 is 2.86 bits per heavy atom. The van der Waals surface area contributed by atoms with Crippen molar-refractivity contribution >= 4 is 33.8 Å². The highest BCUT2D eigenvalue weighted by molar-refractivity contribution is 7.91. The van der Waals surface area contributed by atoms with Crippen molar-refractivity contribution in [3.8, 4) is 0 Å². The highest BCUT2D eigenvalue weighted by Gasteiger charge is 2.31. The molecule has 116 valence electrons. The summed E-state index contributed by atoms with van der Waals surface area (Å²) in [5.41, 5.74) is 2.91. The second-order valence-electron chi connectivity index (χ2n) is 5.51. The number of benzene rings is 1. The second kappa shape index (κ2) is 5.85. The molecule has 1 fully saturated rings. The predicted molar refractivity (Wildman–Crippen MR) is 85.0 cm³/mol. The molecule has 2 aliphatic heterocycles. The third-order valence-electron chi connectivity index (χ3n) is 3.99. The van der Waals surface area contributed by atoms with Gasteiger partial charge in [0.25, 0.3) is 5.91 Å². The fourth-order valence-corrected chi connectivity index (χ4v) is 4.46. The Hall–Kier alpha value is -1.27. The minimum Gasteiger partial charge on any atom is -0.384 e. The molecule has 0 radical (unpaired) electrons. The molecule has 3 rings (SSSR count). The van der Waals surface area contributed by atoms with E-state index in [4.69, 9.17) is 0 Å². The molecule has 1 saturated heterocycles. The standard InChI is InChI=1S/C14H18N2O3S.ClH/c1-10-9-20(18,19)7-6-16(10)14(17)12-2-3-13-11(8-12)4-5-15-13;/h2-3,8,10,15H,4-7,9H2,1H3;1H. The maximum atomic E-state index is 12.5. The summed E-state index contributed by atoms with van der Waals surface area (Å²) < 4.78 is 23.1. The molecule has 0 bridgehead atoms. The number of halogens is 1. The highest BCUT2D eigenvalue weighted by atomic mass is 35.5. The highest BCUT2D eigenvalue weighted by Crippen LogP contribution is 2.24. The number of fused-ring (bicyclic) bond motifs is 1. The van der Waals surface area contributed by atoms with E-state index in [2.05, 4.69) is 5.32 Å². The SMILES string of the molecule is CC1CS(=O)(=O)CCN1C(=O)c1ccc2c(c1)CCN2.Cl. The van der Waals surface area contributed by atoms with Crippen molar-refractivity contribution in [2.45, 2.75) is 19.4 Å². The van der Waals surface area contributed by atoms with Crippen LogP contribution in [0.4, 0.5) is 5.69 Å². The summed E-state index contributed by atoms with van der Waals surface area (Å²) in [7, 11) is -2.99. The first-order chi connectivity index (χ1) is 9.46. The van der Waals surface area contributed by atoms with Gasteiger partial charge in [-0.05, 0) is 37.1 Å². The summed E-state index contributed by atoms with van der Waals surface area (Å²) in [4.78, 5) is 14.2. The number of anilines is 1. The van der Waals surface area contributed by atoms with Crippen molar-refractivity contribution in [3.63, 3.8) is 0 Å². The van der Waals surface area contributed by atoms with E-state index in [1.165, 1.54) is 0 Å². The van der Waals surface area contributed by atoms with Gasteiger partial charge in [0.2, 0.25) is 0 Å². The van der Waals surface area contributed by atoms with Crippen LogP contribution in [0.5, 0.6) is 0 Å². The van der Waals surface area contributed by atoms with Gasteiger partial charge in [-0.25, -0.2) is 8.42 Å². The lowest BCUT2D eigenvalue weighted by molar-refractivity contribution is 0.0712. The van der Waals surface area contributed by atoms with Gasteiger partial charge in [-0.15, -0.1) is 12.4 Å². The summed E-state index contributed by atoms with van der Waals surface area (Å²) in [6.45, 7) is 2.99. The average Bonchev–Trinajstić information content (AvgIpc) is 2.84. The lowest BCUT2D eigenvalue weighted by atomic mass is 10.1. The Morgan fingerprint density at radius 2 is 2.14 bits per heavy atom. The van der Waals surface area contributed by atoms with E-state index in [1.807, 2.05) is 18.2 Å². The Morgan fingerprint density at radius 1 is 1.38 bits per heavy atom. The van der Waals surface area contributed by atoms with Crippen LogP contribution in [0.15, 0.2) is 18.2 Å². The Labute approximate surface area is 131 Å². The summed E-state index contributed by atoms with van der Waals surface area (Å²) in [5.74, 6) is 0.0583. The number of nitrogens with one attached hydrogen (secondary N) is 1. The van der Waals surface area contributed by atoms with Gasteiger partial charge < -0.3 is 10.2 Å². The zero-order chi connectivity index (χ0) is 14.3. The Bertz CT molecular complexity index is 660. The van der Waals surface area contributed by atoms with E-state index in [-0.39, 0.29) is 42.4 Å². The van der Waals surface area contributed by atoms with Crippen LogP contribution in [-0.2, 0) is 16.3 Å². The minimum absolute atomic E-state index is 0. The lowest BCUT2D eigenvalue weighted by Gasteiger charge is -2.33. The van der Waals surface area contributed by atoms with Gasteiger partial charge in [-0.1, -0.05) is 0 Å². The molecule has 5 nitrogen and oxygen atoms in total. The quantitative estimate of drug-likeness (QED) is 0.843. The topological polar surface area (TPSA) is 66.5 Å². The third-order valence-corrected chi connectivity index (χ3v) is 5.79. The maximum absolute atomic E-state index is 12.5. The molecule has 1 aromatic rings. The van der Waals surface area contributed by atoms with Gasteiger partial charge in [0.1, 0.15) is 0 Å². The van der Waals surface area contributed by atoms with E-state index in [0.717, 1.165) is 24.2 Å². The zero-order valence-corrected chi connectivity index (χ0v) is 13.5. The lowest BCUT2D eigenvalue weighted by Crippen LogP contribution is -2.49. The van der Waals surface area contributed by atoms with Crippen molar-refractivity contribution in [2.75, 3.05) is 29.9 Å². The van der Waals surface area contributed by atoms with Crippen LogP contribution in [0.1, 0.15) is 22.8 Å². The molecule has 1 amide bonds. The molecule has 2 heterocycles. The summed E-state index contributed by atoms with van der Waals surface area (Å²) in [6.07, 6.45) is 0.931. The van der Waals surface area contributed by atoms with E-state index < -0.39 is 9.84 Å². The van der Waals surface area contributed by atoms with Gasteiger partial charge in [-0.3, -0.25) is 4.79 Å². The molecule has 1 atom stereocenters. The number of rotatable bonds is 1. The van der Waals surface area contributed by atoms with Crippen molar-refractivity contribution < 1.29 is 13.2 Å². The largest absolute Gasteiger partial charge is 0.384 e. The summed E-state index contributed by atoms with van der Waals surface area (Å²) in [5, 5.41) is 3.26. The van der Waals surface area contributed by atoms with Crippen molar-refractivity contribution in [2.24, 2.45) is 0 Å². The van der Waals surface area contributed by atoms with Gasteiger partial charge >= 0.3 is 0 Å². The van der Waals surface area contributed by atoms with E-state index >= 15 is 0 Å². The second-order valence-corrected chi connectivity index (χ2v) is 7.74. The van der Waals surface area contributed by atoms with E-state index in [1.54, 1.807) is 11.8 Å². The van der Waals surface area contributed by atoms with Crippen LogP contribution in [0.2, 0.25) is 0 Å². The van der Waals surface area contributed by atoms with Gasteiger partial charge in [0, 0.05) is 30.4 Å². The molecule has 2 aliphatic rings. The van der Waals surface area contributed by atoms with Crippen LogP contribution in [0, 0.1) is 0 Å². The average molecular weight is 331 g/mol. The maximum Gasteiger partial charge on any atom is 0.254 e. The van der Waals surface area contributed by atoms with Crippen molar-refractivity contribution in [1.29, 1.82) is 0 Å². The summed E-state index contributed by atoms with van der Waals surface area (Å²) >= 11 is 0. The van der Waals surface area contributed by atoms with Crippen molar-refractivity contribution in [1.82, 2.24) is 4.90 Å². The van der Waals surface area contributed by atoms with E-state index in [0.29, 0.717) is 5.56 Å². The molecular formula is C14H19ClN2O3S. The number of hydrogen-bond donors (Lipinski definition) is 1. The summed E-state index contributed by atoms with van der Waals surface area (Å²) in [6, 6.07) is 5.41. The van der Waals surface area contributed by atoms with Gasteiger partial charge in [0.05, 0.1) is 11.5 Å². The smallest absolute Gasteiger partial charge is 0.254 e. The Kier molecular flexibility index (Phi) is 4.49. The molecule has 0 aliphatic carbocycles. The number of carbonyl (C=O) groups excluding carboxylic acids is 1. The molecule has 0 saturated carbocycles. The number of amides is 1. The molecule has 0 spiro atoms. The van der Waals surface area contributed by atoms with Crippen LogP contribution < -0.4 is 5.32 Å². The van der Waals surface area contributed by atoms with E-state index in [9.17, 15) is 13.2 Å². The molecular weight excluding hydrogens is 312 g/mol. The van der Waals surface area contributed by atoms with Crippen molar-refractivity contribution in [3.05, 3.63) is 29.3 Å². The first-order valence-corrected chi connectivity index (χ1v) is 8.66. The first-order valence-electron chi connectivity index (χ1n) is 6.84. The number of hydrogen-bond acceptors (Lipinski definition) is 4. The first kappa shape index (κ1) is 16.1. The molecule has 1 unspecified atom stereocenters. The number of sulfone groups is 1. The monoisotopic (exact) mass is 330 g/mol. The molecule has 1 N–H and O–H groups in total. The third kappa shape index (κ3) is 3.16. The van der Waals surface area contributed by atoms with Crippen LogP contribution in [-0.4, -0.2) is 49.9 Å². The number of nitrogens with zero attached hydrogens (tertiary/aromatic N) is 1. The van der Waals surface area contributed by atoms with Gasteiger partial charge in [-0.2, -0.15) is 0 Å². The van der Waals surface area contributed by atoms with Crippen LogP contribution in [0.25, 0.3) is 0 Å². The van der Waals surface area contributed by atoms with Gasteiger partial charge in [0.15, 0.2) is 9.84 Å². The molecule has 21 heavy (non-hydrogen) atoms. The molecule has 1 aromatic carbocycles. The zero-order valence-electron chi connectivity index (χ0n) is 11.8. The number of carbonyl (C=O) groups is 1. The Balaban J connectivity index is 0.00000161. The normalized spacial score (nSPS) is 22.9.